The Hall–Kier alpha value is -1.76. The van der Waals surface area contributed by atoms with Crippen molar-refractivity contribution < 1.29 is 4.74 Å². The summed E-state index contributed by atoms with van der Waals surface area (Å²) in [7, 11) is 0. The van der Waals surface area contributed by atoms with E-state index in [1.54, 1.807) is 18.2 Å². The van der Waals surface area contributed by atoms with Crippen LogP contribution >= 0.6 is 0 Å². The lowest BCUT2D eigenvalue weighted by Gasteiger charge is -2.03. The van der Waals surface area contributed by atoms with Crippen LogP contribution in [-0.2, 0) is 0 Å². The molecular formula is C12H8O. The summed E-state index contributed by atoms with van der Waals surface area (Å²) >= 11 is 0. The highest BCUT2D eigenvalue weighted by atomic mass is 16.5. The van der Waals surface area contributed by atoms with Crippen molar-refractivity contribution in [3.63, 3.8) is 0 Å². The molecule has 0 atom stereocenters. The standard InChI is InChI=1S/C12H8O/c1-3-7-11(8-4-1)13-12-9-5-2-6-10-12/h1-4,7-10H. The van der Waals surface area contributed by atoms with Crippen LogP contribution in [0.3, 0.4) is 0 Å². The Bertz CT molecular complexity index is 316. The molecule has 0 saturated carbocycles. The topological polar surface area (TPSA) is 9.23 Å². The number of hydrogen-bond donors (Lipinski definition) is 0. The molecule has 0 aliphatic carbocycles. The van der Waals surface area contributed by atoms with Gasteiger partial charge in [-0.05, 0) is 42.5 Å². The highest BCUT2D eigenvalue weighted by Crippen LogP contribution is 2.19. The second-order valence-corrected chi connectivity index (χ2v) is 2.58. The summed E-state index contributed by atoms with van der Waals surface area (Å²) < 4.78 is 5.52. The monoisotopic (exact) mass is 168 g/mol. The maximum Gasteiger partial charge on any atom is 0.128 e. The predicted molar refractivity (Wildman–Crippen MR) is 50.6 cm³/mol. The zero-order valence-corrected chi connectivity index (χ0v) is 7.03. The summed E-state index contributed by atoms with van der Waals surface area (Å²) in [5.74, 6) is 1.59. The summed E-state index contributed by atoms with van der Waals surface area (Å²) in [4.78, 5) is 0. The van der Waals surface area contributed by atoms with Crippen molar-refractivity contribution in [3.8, 4) is 11.5 Å². The smallest absolute Gasteiger partial charge is 0.128 e. The van der Waals surface area contributed by atoms with Crippen molar-refractivity contribution in [2.24, 2.45) is 0 Å². The first-order valence-electron chi connectivity index (χ1n) is 4.05. The lowest BCUT2D eigenvalue weighted by Crippen LogP contribution is -1.81. The number of para-hydroxylation sites is 1. The van der Waals surface area contributed by atoms with Gasteiger partial charge < -0.3 is 4.74 Å². The largest absolute Gasteiger partial charge is 0.457 e. The van der Waals surface area contributed by atoms with E-state index < -0.39 is 0 Å². The SMILES string of the molecule is [c]1c[c]cc(Oc2ccccc2)c1. The van der Waals surface area contributed by atoms with E-state index in [9.17, 15) is 0 Å². The van der Waals surface area contributed by atoms with Crippen molar-refractivity contribution in [1.29, 1.82) is 0 Å². The van der Waals surface area contributed by atoms with Crippen molar-refractivity contribution in [1.82, 2.24) is 0 Å². The average Bonchev–Trinajstić information content (AvgIpc) is 2.21. The second kappa shape index (κ2) is 3.76. The molecule has 2 rings (SSSR count). The minimum Gasteiger partial charge on any atom is -0.457 e. The average molecular weight is 168 g/mol. The van der Waals surface area contributed by atoms with Gasteiger partial charge in [0.1, 0.15) is 11.5 Å². The third-order valence-corrected chi connectivity index (χ3v) is 1.60. The van der Waals surface area contributed by atoms with Crippen LogP contribution in [0.1, 0.15) is 0 Å². The van der Waals surface area contributed by atoms with Gasteiger partial charge in [-0.3, -0.25) is 0 Å². The van der Waals surface area contributed by atoms with E-state index in [0.717, 1.165) is 11.5 Å². The number of hydrogen-bond acceptors (Lipinski definition) is 1. The maximum atomic E-state index is 5.52. The Morgan fingerprint density at radius 1 is 0.846 bits per heavy atom. The molecule has 0 bridgehead atoms. The van der Waals surface area contributed by atoms with E-state index >= 15 is 0 Å². The zero-order valence-electron chi connectivity index (χ0n) is 7.03. The third-order valence-electron chi connectivity index (χ3n) is 1.60. The van der Waals surface area contributed by atoms with Crippen LogP contribution in [0.5, 0.6) is 11.5 Å². The quantitative estimate of drug-likeness (QED) is 0.669. The van der Waals surface area contributed by atoms with Gasteiger partial charge in [-0.15, -0.1) is 0 Å². The molecule has 62 valence electrons. The molecule has 1 nitrogen and oxygen atoms in total. The molecule has 13 heavy (non-hydrogen) atoms. The molecule has 0 fully saturated rings. The minimum absolute atomic E-state index is 0.758. The highest BCUT2D eigenvalue weighted by Gasteiger charge is 1.92. The molecule has 2 aromatic carbocycles. The fourth-order valence-electron chi connectivity index (χ4n) is 1.02. The fourth-order valence-corrected chi connectivity index (χ4v) is 1.02. The van der Waals surface area contributed by atoms with Crippen LogP contribution in [0.4, 0.5) is 0 Å². The first-order valence-corrected chi connectivity index (χ1v) is 4.05. The Morgan fingerprint density at radius 3 is 2.23 bits per heavy atom. The third kappa shape index (κ3) is 2.09. The molecular weight excluding hydrogens is 160 g/mol. The van der Waals surface area contributed by atoms with E-state index in [4.69, 9.17) is 4.74 Å². The van der Waals surface area contributed by atoms with Gasteiger partial charge in [0.25, 0.3) is 0 Å². The molecule has 1 heteroatoms. The number of ether oxygens (including phenoxy) is 1. The van der Waals surface area contributed by atoms with Gasteiger partial charge in [-0.25, -0.2) is 0 Å². The van der Waals surface area contributed by atoms with Gasteiger partial charge in [0, 0.05) is 0 Å². The predicted octanol–water partition coefficient (Wildman–Crippen LogP) is 3.08. The minimum atomic E-state index is 0.758. The molecule has 0 saturated heterocycles. The van der Waals surface area contributed by atoms with E-state index in [0.29, 0.717) is 0 Å². The second-order valence-electron chi connectivity index (χ2n) is 2.58. The Morgan fingerprint density at radius 2 is 1.54 bits per heavy atom. The summed E-state index contributed by atoms with van der Waals surface area (Å²) in [6.45, 7) is 0. The maximum absolute atomic E-state index is 5.52. The molecule has 0 aliphatic rings. The van der Waals surface area contributed by atoms with Crippen LogP contribution in [0.2, 0.25) is 0 Å². The molecule has 0 aromatic heterocycles. The van der Waals surface area contributed by atoms with E-state index in [-0.39, 0.29) is 0 Å². The molecule has 2 radical (unpaired) electrons. The van der Waals surface area contributed by atoms with Crippen LogP contribution < -0.4 is 4.74 Å². The normalized spacial score (nSPS) is 9.54. The van der Waals surface area contributed by atoms with Gasteiger partial charge in [0.05, 0.1) is 0 Å². The van der Waals surface area contributed by atoms with Crippen molar-refractivity contribution in [2.75, 3.05) is 0 Å². The number of rotatable bonds is 2. The van der Waals surface area contributed by atoms with Gasteiger partial charge in [0.2, 0.25) is 0 Å². The van der Waals surface area contributed by atoms with Gasteiger partial charge in [-0.2, -0.15) is 0 Å². The van der Waals surface area contributed by atoms with Crippen LogP contribution in [-0.4, -0.2) is 0 Å². The molecule has 0 unspecified atom stereocenters. The first kappa shape index (κ1) is 7.87. The fraction of sp³-hybridized carbons (Fsp3) is 0. The lowest BCUT2D eigenvalue weighted by molar-refractivity contribution is 0.482. The molecule has 0 aliphatic heterocycles. The summed E-state index contributed by atoms with van der Waals surface area (Å²) in [6, 6.07) is 20.7. The first-order chi connectivity index (χ1) is 6.45. The van der Waals surface area contributed by atoms with Crippen molar-refractivity contribution >= 4 is 0 Å². The zero-order chi connectivity index (χ0) is 8.93. The Kier molecular flexibility index (Phi) is 2.28. The molecule has 0 N–H and O–H groups in total. The van der Waals surface area contributed by atoms with Crippen LogP contribution in [0, 0.1) is 12.1 Å². The van der Waals surface area contributed by atoms with Gasteiger partial charge in [-0.1, -0.05) is 18.2 Å². The van der Waals surface area contributed by atoms with E-state index in [1.807, 2.05) is 30.3 Å². The molecule has 2 aromatic rings. The van der Waals surface area contributed by atoms with Gasteiger partial charge in [0.15, 0.2) is 0 Å². The molecule has 0 heterocycles. The summed E-state index contributed by atoms with van der Waals surface area (Å²) in [5, 5.41) is 0. The van der Waals surface area contributed by atoms with Crippen LogP contribution in [0.25, 0.3) is 0 Å². The van der Waals surface area contributed by atoms with Gasteiger partial charge >= 0.3 is 0 Å². The number of benzene rings is 2. The van der Waals surface area contributed by atoms with E-state index in [2.05, 4.69) is 12.1 Å². The van der Waals surface area contributed by atoms with Crippen molar-refractivity contribution in [2.45, 2.75) is 0 Å². The summed E-state index contributed by atoms with van der Waals surface area (Å²) in [5.41, 5.74) is 0. The lowest BCUT2D eigenvalue weighted by atomic mass is 10.3. The van der Waals surface area contributed by atoms with E-state index in [1.165, 1.54) is 0 Å². The summed E-state index contributed by atoms with van der Waals surface area (Å²) in [6.07, 6.45) is 0. The van der Waals surface area contributed by atoms with Crippen LogP contribution in [0.15, 0.2) is 48.5 Å². The Balaban J connectivity index is 2.16. The molecule has 0 spiro atoms. The highest BCUT2D eigenvalue weighted by molar-refractivity contribution is 5.29. The van der Waals surface area contributed by atoms with Crippen molar-refractivity contribution in [3.05, 3.63) is 60.7 Å². The Labute approximate surface area is 77.6 Å². The molecule has 0 amide bonds.